The fraction of sp³-hybridized carbons (Fsp3) is 0.364. The fourth-order valence-electron chi connectivity index (χ4n) is 4.30. The van der Waals surface area contributed by atoms with Crippen LogP contribution in [-0.4, -0.2) is 30.5 Å². The van der Waals surface area contributed by atoms with Gasteiger partial charge in [-0.05, 0) is 49.4 Å². The third-order valence-corrected chi connectivity index (χ3v) is 6.87. The summed E-state index contributed by atoms with van der Waals surface area (Å²) in [5.74, 6) is 0.438. The topological polar surface area (TPSA) is 36.4 Å². The van der Waals surface area contributed by atoms with Crippen molar-refractivity contribution in [2.75, 3.05) is 29.4 Å². The molecule has 138 valence electrons. The molecule has 0 bridgehead atoms. The van der Waals surface area contributed by atoms with Crippen molar-refractivity contribution in [1.82, 2.24) is 4.98 Å². The predicted octanol–water partition coefficient (Wildman–Crippen LogP) is 4.49. The molecule has 2 aliphatic rings. The molecule has 0 unspecified atom stereocenters. The summed E-state index contributed by atoms with van der Waals surface area (Å²) in [7, 11) is 0. The number of aromatic nitrogens is 1. The first-order valence-electron chi connectivity index (χ1n) is 9.79. The van der Waals surface area contributed by atoms with Gasteiger partial charge in [0.25, 0.3) is 0 Å². The van der Waals surface area contributed by atoms with Gasteiger partial charge in [-0.15, -0.1) is 0 Å². The maximum atomic E-state index is 13.2. The van der Waals surface area contributed by atoms with E-state index in [9.17, 15) is 4.79 Å². The molecule has 0 N–H and O–H groups in total. The van der Waals surface area contributed by atoms with Gasteiger partial charge in [-0.25, -0.2) is 4.98 Å². The number of rotatable bonds is 2. The van der Waals surface area contributed by atoms with Crippen molar-refractivity contribution in [1.29, 1.82) is 0 Å². The molecule has 1 amide bonds. The number of carbonyl (C=O) groups excluding carboxylic acids is 1. The monoisotopic (exact) mass is 377 g/mol. The minimum Gasteiger partial charge on any atom is -0.348 e. The maximum absolute atomic E-state index is 13.2. The van der Waals surface area contributed by atoms with E-state index in [1.807, 2.05) is 17.0 Å². The Labute approximate surface area is 163 Å². The Morgan fingerprint density at radius 3 is 2.63 bits per heavy atom. The third kappa shape index (κ3) is 3.10. The van der Waals surface area contributed by atoms with Crippen LogP contribution in [0.4, 0.5) is 10.8 Å². The number of para-hydroxylation sites is 2. The van der Waals surface area contributed by atoms with Gasteiger partial charge in [-0.2, -0.15) is 0 Å². The van der Waals surface area contributed by atoms with Gasteiger partial charge in [-0.1, -0.05) is 41.7 Å². The van der Waals surface area contributed by atoms with E-state index in [1.54, 1.807) is 11.3 Å². The van der Waals surface area contributed by atoms with Crippen molar-refractivity contribution in [2.45, 2.75) is 25.7 Å². The molecule has 0 aliphatic carbocycles. The summed E-state index contributed by atoms with van der Waals surface area (Å²) in [6.45, 7) is 2.67. The van der Waals surface area contributed by atoms with E-state index in [0.717, 1.165) is 61.7 Å². The molecule has 0 atom stereocenters. The number of piperidine rings is 1. The van der Waals surface area contributed by atoms with Gasteiger partial charge in [-0.3, -0.25) is 4.79 Å². The number of thiazole rings is 1. The number of carbonyl (C=O) groups is 1. The van der Waals surface area contributed by atoms with Crippen LogP contribution in [0.25, 0.3) is 10.2 Å². The summed E-state index contributed by atoms with van der Waals surface area (Å²) in [4.78, 5) is 22.4. The zero-order valence-electron chi connectivity index (χ0n) is 15.3. The second kappa shape index (κ2) is 6.97. The summed E-state index contributed by atoms with van der Waals surface area (Å²) in [5.41, 5.74) is 3.51. The first-order valence-corrected chi connectivity index (χ1v) is 10.6. The molecule has 5 heteroatoms. The van der Waals surface area contributed by atoms with Crippen molar-refractivity contribution in [3.63, 3.8) is 0 Å². The van der Waals surface area contributed by atoms with E-state index in [-0.39, 0.29) is 5.92 Å². The largest absolute Gasteiger partial charge is 0.348 e. The van der Waals surface area contributed by atoms with E-state index < -0.39 is 0 Å². The molecule has 0 saturated carbocycles. The minimum absolute atomic E-state index is 0.127. The van der Waals surface area contributed by atoms with Gasteiger partial charge in [0.15, 0.2) is 5.13 Å². The number of nitrogens with zero attached hydrogens (tertiary/aromatic N) is 3. The Kier molecular flexibility index (Phi) is 4.32. The Morgan fingerprint density at radius 2 is 1.78 bits per heavy atom. The molecule has 0 spiro atoms. The second-order valence-corrected chi connectivity index (χ2v) is 8.46. The highest BCUT2D eigenvalue weighted by atomic mass is 32.1. The van der Waals surface area contributed by atoms with Gasteiger partial charge in [0, 0.05) is 31.2 Å². The number of benzene rings is 2. The summed E-state index contributed by atoms with van der Waals surface area (Å²) < 4.78 is 1.23. The SMILES string of the molecule is O=C(C1CCN(c2nc3ccccc3s2)CC1)N1CCCc2ccccc21. The number of hydrogen-bond acceptors (Lipinski definition) is 4. The summed E-state index contributed by atoms with van der Waals surface area (Å²) in [6.07, 6.45) is 3.96. The van der Waals surface area contributed by atoms with Crippen molar-refractivity contribution in [3.8, 4) is 0 Å². The van der Waals surface area contributed by atoms with Crippen LogP contribution in [0.5, 0.6) is 0 Å². The van der Waals surface area contributed by atoms with Crippen molar-refractivity contribution >= 4 is 38.3 Å². The lowest BCUT2D eigenvalue weighted by Gasteiger charge is -2.36. The number of hydrogen-bond donors (Lipinski definition) is 0. The molecule has 3 aromatic rings. The van der Waals surface area contributed by atoms with Gasteiger partial charge < -0.3 is 9.80 Å². The van der Waals surface area contributed by atoms with E-state index in [4.69, 9.17) is 4.98 Å². The molecule has 1 fully saturated rings. The lowest BCUT2D eigenvalue weighted by Crippen LogP contribution is -2.44. The maximum Gasteiger partial charge on any atom is 0.230 e. The molecule has 4 nitrogen and oxygen atoms in total. The fourth-order valence-corrected chi connectivity index (χ4v) is 5.31. The quantitative estimate of drug-likeness (QED) is 0.660. The van der Waals surface area contributed by atoms with Gasteiger partial charge in [0.2, 0.25) is 5.91 Å². The molecule has 27 heavy (non-hydrogen) atoms. The average molecular weight is 378 g/mol. The highest BCUT2D eigenvalue weighted by Gasteiger charge is 2.31. The van der Waals surface area contributed by atoms with E-state index >= 15 is 0 Å². The zero-order chi connectivity index (χ0) is 18.2. The lowest BCUT2D eigenvalue weighted by molar-refractivity contribution is -0.123. The molecule has 1 saturated heterocycles. The highest BCUT2D eigenvalue weighted by Crippen LogP contribution is 2.33. The number of anilines is 2. The van der Waals surface area contributed by atoms with Crippen LogP contribution in [0, 0.1) is 5.92 Å². The van der Waals surface area contributed by atoms with Crippen LogP contribution in [0.2, 0.25) is 0 Å². The van der Waals surface area contributed by atoms with Crippen LogP contribution in [0.1, 0.15) is 24.8 Å². The molecule has 2 aromatic carbocycles. The molecular weight excluding hydrogens is 354 g/mol. The van der Waals surface area contributed by atoms with Crippen LogP contribution >= 0.6 is 11.3 Å². The first kappa shape index (κ1) is 16.8. The van der Waals surface area contributed by atoms with E-state index in [0.29, 0.717) is 5.91 Å². The molecule has 1 aromatic heterocycles. The van der Waals surface area contributed by atoms with E-state index in [1.165, 1.54) is 10.3 Å². The highest BCUT2D eigenvalue weighted by molar-refractivity contribution is 7.22. The molecular formula is C22H23N3OS. The average Bonchev–Trinajstić information content (AvgIpc) is 3.17. The summed E-state index contributed by atoms with van der Waals surface area (Å²) >= 11 is 1.75. The third-order valence-electron chi connectivity index (χ3n) is 5.77. The summed E-state index contributed by atoms with van der Waals surface area (Å²) in [5, 5.41) is 1.09. The van der Waals surface area contributed by atoms with Crippen LogP contribution < -0.4 is 9.80 Å². The lowest BCUT2D eigenvalue weighted by atomic mass is 9.93. The second-order valence-electron chi connectivity index (χ2n) is 7.45. The normalized spacial score (nSPS) is 17.9. The molecule has 5 rings (SSSR count). The van der Waals surface area contributed by atoms with Gasteiger partial charge in [0.1, 0.15) is 0 Å². The Bertz CT molecular complexity index is 941. The standard InChI is InChI=1S/C22H23N3OS/c26-21(25-13-5-7-16-6-1-3-9-19(16)25)17-11-14-24(15-12-17)22-23-18-8-2-4-10-20(18)27-22/h1-4,6,8-10,17H,5,7,11-15H2. The zero-order valence-corrected chi connectivity index (χ0v) is 16.1. The minimum atomic E-state index is 0.127. The number of aryl methyl sites for hydroxylation is 1. The molecule has 2 aliphatic heterocycles. The Balaban J connectivity index is 1.28. The number of amides is 1. The van der Waals surface area contributed by atoms with Crippen molar-refractivity contribution in [3.05, 3.63) is 54.1 Å². The van der Waals surface area contributed by atoms with Crippen LogP contribution in [0.3, 0.4) is 0 Å². The van der Waals surface area contributed by atoms with Crippen LogP contribution in [-0.2, 0) is 11.2 Å². The van der Waals surface area contributed by atoms with Crippen LogP contribution in [0.15, 0.2) is 48.5 Å². The van der Waals surface area contributed by atoms with E-state index in [2.05, 4.69) is 41.3 Å². The number of fused-ring (bicyclic) bond motifs is 2. The molecule has 3 heterocycles. The van der Waals surface area contributed by atoms with Crippen molar-refractivity contribution < 1.29 is 4.79 Å². The first-order chi connectivity index (χ1) is 13.3. The Morgan fingerprint density at radius 1 is 1.00 bits per heavy atom. The van der Waals surface area contributed by atoms with Crippen molar-refractivity contribution in [2.24, 2.45) is 5.92 Å². The summed E-state index contributed by atoms with van der Waals surface area (Å²) in [6, 6.07) is 16.7. The smallest absolute Gasteiger partial charge is 0.230 e. The van der Waals surface area contributed by atoms with Gasteiger partial charge in [0.05, 0.1) is 10.2 Å². The Hall–Kier alpha value is -2.40. The molecule has 0 radical (unpaired) electrons. The predicted molar refractivity (Wildman–Crippen MR) is 112 cm³/mol. The van der Waals surface area contributed by atoms with Gasteiger partial charge >= 0.3 is 0 Å².